The molecule has 3 heteroatoms. The van der Waals surface area contributed by atoms with E-state index in [1.807, 2.05) is 6.92 Å². The van der Waals surface area contributed by atoms with Crippen LogP contribution in [0.25, 0.3) is 0 Å². The smallest absolute Gasteiger partial charge is 0.219 e. The van der Waals surface area contributed by atoms with Gasteiger partial charge in [-0.1, -0.05) is 25.7 Å². The molecule has 0 saturated heterocycles. The number of nitrogens with one attached hydrogen (secondary N) is 1. The lowest BCUT2D eigenvalue weighted by molar-refractivity contribution is -0.121. The first kappa shape index (κ1) is 13.5. The maximum absolute atomic E-state index is 11.4. The molecule has 1 amide bonds. The van der Waals surface area contributed by atoms with Crippen molar-refractivity contribution in [3.63, 3.8) is 0 Å². The second kappa shape index (κ2) is 7.66. The molecule has 0 aromatic heterocycles. The molecule has 1 rings (SSSR count). The molecule has 94 valence electrons. The van der Waals surface area contributed by atoms with E-state index in [1.54, 1.807) is 0 Å². The Morgan fingerprint density at radius 2 is 2.12 bits per heavy atom. The summed E-state index contributed by atoms with van der Waals surface area (Å²) in [6, 6.07) is 0.214. The molecule has 0 aromatic rings. The van der Waals surface area contributed by atoms with Gasteiger partial charge in [-0.05, 0) is 32.1 Å². The molecule has 0 heterocycles. The molecule has 16 heavy (non-hydrogen) atoms. The topological polar surface area (TPSA) is 55.1 Å². The summed E-state index contributed by atoms with van der Waals surface area (Å²) < 4.78 is 0. The number of carbonyl (C=O) groups excluding carboxylic acids is 1. The normalized spacial score (nSPS) is 18.6. The summed E-state index contributed by atoms with van der Waals surface area (Å²) in [6.45, 7) is 2.85. The van der Waals surface area contributed by atoms with Crippen LogP contribution in [0.3, 0.4) is 0 Å². The zero-order valence-corrected chi connectivity index (χ0v) is 10.5. The van der Waals surface area contributed by atoms with Crippen molar-refractivity contribution in [1.82, 2.24) is 5.32 Å². The highest BCUT2D eigenvalue weighted by atomic mass is 16.1. The van der Waals surface area contributed by atoms with Gasteiger partial charge in [-0.3, -0.25) is 4.79 Å². The van der Waals surface area contributed by atoms with Gasteiger partial charge in [0.1, 0.15) is 0 Å². The van der Waals surface area contributed by atoms with Crippen molar-refractivity contribution in [2.75, 3.05) is 6.54 Å². The zero-order valence-electron chi connectivity index (χ0n) is 10.5. The van der Waals surface area contributed by atoms with E-state index in [0.29, 0.717) is 6.42 Å². The first-order chi connectivity index (χ1) is 7.68. The Morgan fingerprint density at radius 3 is 2.75 bits per heavy atom. The van der Waals surface area contributed by atoms with Gasteiger partial charge in [0, 0.05) is 19.0 Å². The molecule has 1 aliphatic carbocycles. The molecular weight excluding hydrogens is 200 g/mol. The average Bonchev–Trinajstić information content (AvgIpc) is 2.70. The van der Waals surface area contributed by atoms with Crippen molar-refractivity contribution in [1.29, 1.82) is 0 Å². The van der Waals surface area contributed by atoms with Crippen LogP contribution < -0.4 is 11.1 Å². The number of hydrogen-bond donors (Lipinski definition) is 2. The minimum Gasteiger partial charge on any atom is -0.356 e. The fourth-order valence-corrected chi connectivity index (χ4v) is 2.39. The lowest BCUT2D eigenvalue weighted by atomic mass is 10.0. The Bertz CT molecular complexity index is 198. The predicted octanol–water partition coefficient (Wildman–Crippen LogP) is 2.20. The third-order valence-corrected chi connectivity index (χ3v) is 3.41. The van der Waals surface area contributed by atoms with Crippen LogP contribution in [0.4, 0.5) is 0 Å². The number of carbonyl (C=O) groups is 1. The van der Waals surface area contributed by atoms with E-state index in [-0.39, 0.29) is 11.9 Å². The van der Waals surface area contributed by atoms with Crippen molar-refractivity contribution >= 4 is 5.91 Å². The Hall–Kier alpha value is -0.570. The van der Waals surface area contributed by atoms with E-state index in [0.717, 1.165) is 25.3 Å². The van der Waals surface area contributed by atoms with Crippen LogP contribution in [0.15, 0.2) is 0 Å². The first-order valence-corrected chi connectivity index (χ1v) is 6.70. The van der Waals surface area contributed by atoms with Crippen molar-refractivity contribution in [2.45, 2.75) is 64.3 Å². The van der Waals surface area contributed by atoms with E-state index < -0.39 is 0 Å². The molecule has 1 aliphatic rings. The lowest BCUT2D eigenvalue weighted by Gasteiger charge is -2.10. The third-order valence-electron chi connectivity index (χ3n) is 3.41. The Morgan fingerprint density at radius 1 is 1.44 bits per heavy atom. The maximum Gasteiger partial charge on any atom is 0.219 e. The highest BCUT2D eigenvalue weighted by molar-refractivity contribution is 5.75. The predicted molar refractivity (Wildman–Crippen MR) is 67.1 cm³/mol. The molecule has 1 saturated carbocycles. The second-order valence-electron chi connectivity index (χ2n) is 5.16. The molecule has 0 aliphatic heterocycles. The van der Waals surface area contributed by atoms with Crippen LogP contribution in [-0.2, 0) is 4.79 Å². The van der Waals surface area contributed by atoms with Crippen LogP contribution in [0.5, 0.6) is 0 Å². The van der Waals surface area contributed by atoms with E-state index in [1.165, 1.54) is 32.1 Å². The molecule has 1 unspecified atom stereocenters. The number of rotatable bonds is 7. The summed E-state index contributed by atoms with van der Waals surface area (Å²) >= 11 is 0. The van der Waals surface area contributed by atoms with Crippen molar-refractivity contribution in [2.24, 2.45) is 11.7 Å². The largest absolute Gasteiger partial charge is 0.356 e. The van der Waals surface area contributed by atoms with E-state index >= 15 is 0 Å². The molecule has 0 aromatic carbocycles. The van der Waals surface area contributed by atoms with Crippen molar-refractivity contribution in [3.05, 3.63) is 0 Å². The minimum atomic E-state index is 0.193. The standard InChI is InChI=1S/C13H26N2O/c1-11(14)5-4-8-13(16)15-10-9-12-6-2-3-7-12/h11-12H,2-10,14H2,1H3,(H,15,16). The van der Waals surface area contributed by atoms with Crippen LogP contribution in [0, 0.1) is 5.92 Å². The highest BCUT2D eigenvalue weighted by Gasteiger charge is 2.14. The monoisotopic (exact) mass is 226 g/mol. The minimum absolute atomic E-state index is 0.193. The molecular formula is C13H26N2O. The number of nitrogens with two attached hydrogens (primary N) is 1. The number of hydrogen-bond acceptors (Lipinski definition) is 2. The summed E-state index contributed by atoms with van der Waals surface area (Å²) in [7, 11) is 0. The highest BCUT2D eigenvalue weighted by Crippen LogP contribution is 2.26. The van der Waals surface area contributed by atoms with Gasteiger partial charge in [-0.15, -0.1) is 0 Å². The first-order valence-electron chi connectivity index (χ1n) is 6.70. The van der Waals surface area contributed by atoms with Crippen LogP contribution in [0.2, 0.25) is 0 Å². The second-order valence-corrected chi connectivity index (χ2v) is 5.16. The molecule has 1 fully saturated rings. The quantitative estimate of drug-likeness (QED) is 0.699. The van der Waals surface area contributed by atoms with Gasteiger partial charge in [0.05, 0.1) is 0 Å². The van der Waals surface area contributed by atoms with Gasteiger partial charge in [-0.25, -0.2) is 0 Å². The summed E-state index contributed by atoms with van der Waals surface area (Å²) in [4.78, 5) is 11.4. The molecule has 3 N–H and O–H groups in total. The van der Waals surface area contributed by atoms with E-state index in [2.05, 4.69) is 5.32 Å². The summed E-state index contributed by atoms with van der Waals surface area (Å²) in [5.41, 5.74) is 5.63. The van der Waals surface area contributed by atoms with Crippen molar-refractivity contribution in [3.8, 4) is 0 Å². The third kappa shape index (κ3) is 6.11. The SMILES string of the molecule is CC(N)CCCC(=O)NCCC1CCCC1. The Kier molecular flexibility index (Phi) is 6.46. The van der Waals surface area contributed by atoms with E-state index in [9.17, 15) is 4.79 Å². The van der Waals surface area contributed by atoms with Gasteiger partial charge in [0.15, 0.2) is 0 Å². The van der Waals surface area contributed by atoms with Gasteiger partial charge >= 0.3 is 0 Å². The fourth-order valence-electron chi connectivity index (χ4n) is 2.39. The summed E-state index contributed by atoms with van der Waals surface area (Å²) in [5, 5.41) is 3.00. The van der Waals surface area contributed by atoms with Crippen LogP contribution in [0.1, 0.15) is 58.3 Å². The lowest BCUT2D eigenvalue weighted by Crippen LogP contribution is -2.26. The zero-order chi connectivity index (χ0) is 11.8. The van der Waals surface area contributed by atoms with Crippen LogP contribution in [-0.4, -0.2) is 18.5 Å². The summed E-state index contributed by atoms with van der Waals surface area (Å²) in [5.74, 6) is 1.06. The maximum atomic E-state index is 11.4. The molecule has 0 spiro atoms. The number of amides is 1. The summed E-state index contributed by atoms with van der Waals surface area (Å²) in [6.07, 6.45) is 9.13. The van der Waals surface area contributed by atoms with Gasteiger partial charge in [-0.2, -0.15) is 0 Å². The molecule has 3 nitrogen and oxygen atoms in total. The molecule has 0 radical (unpaired) electrons. The van der Waals surface area contributed by atoms with Gasteiger partial charge < -0.3 is 11.1 Å². The Labute approximate surface area is 99.2 Å². The van der Waals surface area contributed by atoms with E-state index in [4.69, 9.17) is 5.73 Å². The average molecular weight is 226 g/mol. The van der Waals surface area contributed by atoms with Gasteiger partial charge in [0.25, 0.3) is 0 Å². The molecule has 0 bridgehead atoms. The fraction of sp³-hybridized carbons (Fsp3) is 0.923. The van der Waals surface area contributed by atoms with Gasteiger partial charge in [0.2, 0.25) is 5.91 Å². The van der Waals surface area contributed by atoms with Crippen LogP contribution >= 0.6 is 0 Å². The molecule has 1 atom stereocenters. The Balaban J connectivity index is 1.93. The van der Waals surface area contributed by atoms with Crippen molar-refractivity contribution < 1.29 is 4.79 Å².